The Hall–Kier alpha value is -2.33. The molecule has 4 nitrogen and oxygen atoms in total. The Labute approximate surface area is 137 Å². The minimum atomic E-state index is 0.144. The Morgan fingerprint density at radius 3 is 2.52 bits per heavy atom. The van der Waals surface area contributed by atoms with Crippen LogP contribution in [0.15, 0.2) is 54.6 Å². The van der Waals surface area contributed by atoms with Crippen molar-refractivity contribution in [3.8, 4) is 11.5 Å². The Kier molecular flexibility index (Phi) is 4.93. The van der Waals surface area contributed by atoms with Crippen LogP contribution in [-0.2, 0) is 11.3 Å². The smallest absolute Gasteiger partial charge is 0.221 e. The van der Waals surface area contributed by atoms with Gasteiger partial charge in [-0.15, -0.1) is 0 Å². The predicted molar refractivity (Wildman–Crippen MR) is 90.5 cm³/mol. The lowest BCUT2D eigenvalue weighted by Gasteiger charge is -2.26. The number of hydrogen-bond donors (Lipinski definition) is 1. The van der Waals surface area contributed by atoms with Crippen molar-refractivity contribution < 1.29 is 9.53 Å². The summed E-state index contributed by atoms with van der Waals surface area (Å²) >= 11 is 0. The van der Waals surface area contributed by atoms with Crippen LogP contribution in [0.5, 0.6) is 11.5 Å². The molecule has 1 aliphatic rings. The van der Waals surface area contributed by atoms with Gasteiger partial charge in [-0.25, -0.2) is 0 Å². The molecule has 3 rings (SSSR count). The van der Waals surface area contributed by atoms with Crippen molar-refractivity contribution in [1.82, 2.24) is 10.2 Å². The third kappa shape index (κ3) is 4.33. The maximum atomic E-state index is 11.5. The van der Waals surface area contributed by atoms with E-state index in [-0.39, 0.29) is 5.91 Å². The molecule has 0 spiro atoms. The third-order valence-corrected chi connectivity index (χ3v) is 4.13. The van der Waals surface area contributed by atoms with E-state index in [2.05, 4.69) is 29.3 Å². The summed E-state index contributed by atoms with van der Waals surface area (Å²) in [6.45, 7) is 4.52. The first-order chi connectivity index (χ1) is 11.2. The fraction of sp³-hybridized carbons (Fsp3) is 0.316. The highest BCUT2D eigenvalue weighted by Gasteiger charge is 2.19. The molecule has 1 heterocycles. The summed E-state index contributed by atoms with van der Waals surface area (Å²) in [4.78, 5) is 13.8. The predicted octanol–water partition coefficient (Wildman–Crippen LogP) is 3.19. The van der Waals surface area contributed by atoms with Gasteiger partial charge < -0.3 is 10.1 Å². The molecule has 4 heteroatoms. The molecule has 0 saturated carbocycles. The minimum Gasteiger partial charge on any atom is -0.457 e. The van der Waals surface area contributed by atoms with Gasteiger partial charge in [0, 0.05) is 32.1 Å². The molecular formula is C19H22N2O2. The number of hydrogen-bond acceptors (Lipinski definition) is 3. The van der Waals surface area contributed by atoms with Crippen molar-refractivity contribution in [2.75, 3.05) is 13.1 Å². The van der Waals surface area contributed by atoms with Gasteiger partial charge >= 0.3 is 0 Å². The summed E-state index contributed by atoms with van der Waals surface area (Å²) in [5, 5.41) is 2.95. The average Bonchev–Trinajstić information content (AvgIpc) is 2.73. The number of para-hydroxylation sites is 1. The van der Waals surface area contributed by atoms with Crippen molar-refractivity contribution in [3.05, 3.63) is 60.2 Å². The maximum absolute atomic E-state index is 11.5. The summed E-state index contributed by atoms with van der Waals surface area (Å²) in [5.41, 5.74) is 1.23. The number of rotatable bonds is 4. The summed E-state index contributed by atoms with van der Waals surface area (Å²) in [5.74, 6) is 1.82. The zero-order valence-electron chi connectivity index (χ0n) is 13.4. The van der Waals surface area contributed by atoms with E-state index in [1.807, 2.05) is 42.5 Å². The first-order valence-corrected chi connectivity index (χ1v) is 8.03. The first-order valence-electron chi connectivity index (χ1n) is 8.03. The third-order valence-electron chi connectivity index (χ3n) is 4.13. The monoisotopic (exact) mass is 310 g/mol. The first kappa shape index (κ1) is 15.6. The van der Waals surface area contributed by atoms with Crippen LogP contribution in [-0.4, -0.2) is 29.9 Å². The second kappa shape index (κ2) is 7.29. The van der Waals surface area contributed by atoms with E-state index in [1.54, 1.807) is 0 Å². The molecule has 1 atom stereocenters. The highest BCUT2D eigenvalue weighted by atomic mass is 16.5. The summed E-state index contributed by atoms with van der Waals surface area (Å²) in [6, 6.07) is 18.3. The average molecular weight is 310 g/mol. The minimum absolute atomic E-state index is 0.144. The molecule has 0 radical (unpaired) electrons. The molecule has 0 aromatic heterocycles. The number of nitrogens with zero attached hydrogens (tertiary/aromatic N) is 1. The second-order valence-corrected chi connectivity index (χ2v) is 5.93. The van der Waals surface area contributed by atoms with E-state index in [1.165, 1.54) is 5.56 Å². The summed E-state index contributed by atoms with van der Waals surface area (Å²) in [7, 11) is 0. The van der Waals surface area contributed by atoms with Crippen molar-refractivity contribution in [2.24, 2.45) is 0 Å². The highest BCUT2D eigenvalue weighted by molar-refractivity contribution is 5.76. The van der Waals surface area contributed by atoms with Gasteiger partial charge in [0.05, 0.1) is 0 Å². The van der Waals surface area contributed by atoms with Gasteiger partial charge in [-0.05, 0) is 36.8 Å². The van der Waals surface area contributed by atoms with Crippen LogP contribution in [0.25, 0.3) is 0 Å². The van der Waals surface area contributed by atoms with Gasteiger partial charge in [0.15, 0.2) is 0 Å². The van der Waals surface area contributed by atoms with Crippen molar-refractivity contribution in [1.29, 1.82) is 0 Å². The van der Waals surface area contributed by atoms with Gasteiger partial charge in [-0.1, -0.05) is 30.3 Å². The van der Waals surface area contributed by atoms with Crippen LogP contribution in [0.4, 0.5) is 0 Å². The molecule has 0 aliphatic carbocycles. The lowest BCUT2D eigenvalue weighted by Crippen LogP contribution is -2.37. The lowest BCUT2D eigenvalue weighted by molar-refractivity contribution is -0.120. The summed E-state index contributed by atoms with van der Waals surface area (Å²) in [6.07, 6.45) is 0.569. The molecular weight excluding hydrogens is 288 g/mol. The standard InChI is InChI=1S/C19H22N2O2/c1-15-13-20-19(22)11-12-21(15)14-16-7-9-18(10-8-16)23-17-5-3-2-4-6-17/h2-10,15H,11-14H2,1H3,(H,20,22). The van der Waals surface area contributed by atoms with E-state index >= 15 is 0 Å². The van der Waals surface area contributed by atoms with Gasteiger partial charge in [0.1, 0.15) is 11.5 Å². The Balaban J connectivity index is 1.62. The van der Waals surface area contributed by atoms with Crippen molar-refractivity contribution >= 4 is 5.91 Å². The molecule has 23 heavy (non-hydrogen) atoms. The second-order valence-electron chi connectivity index (χ2n) is 5.93. The van der Waals surface area contributed by atoms with Crippen LogP contribution < -0.4 is 10.1 Å². The van der Waals surface area contributed by atoms with Crippen molar-refractivity contribution in [3.63, 3.8) is 0 Å². The van der Waals surface area contributed by atoms with Crippen LogP contribution in [0.1, 0.15) is 18.9 Å². The fourth-order valence-corrected chi connectivity index (χ4v) is 2.70. The van der Waals surface area contributed by atoms with Crippen LogP contribution in [0.3, 0.4) is 0 Å². The molecule has 2 aromatic rings. The highest BCUT2D eigenvalue weighted by Crippen LogP contribution is 2.22. The number of nitrogens with one attached hydrogen (secondary N) is 1. The molecule has 1 fully saturated rings. The molecule has 0 bridgehead atoms. The molecule has 1 unspecified atom stereocenters. The number of carbonyl (C=O) groups excluding carboxylic acids is 1. The largest absolute Gasteiger partial charge is 0.457 e. The SMILES string of the molecule is CC1CNC(=O)CCN1Cc1ccc(Oc2ccccc2)cc1. The zero-order valence-corrected chi connectivity index (χ0v) is 13.4. The number of carbonyl (C=O) groups is 1. The molecule has 1 saturated heterocycles. The maximum Gasteiger partial charge on any atom is 0.221 e. The van der Waals surface area contributed by atoms with Crippen LogP contribution in [0.2, 0.25) is 0 Å². The quantitative estimate of drug-likeness (QED) is 0.943. The molecule has 1 N–H and O–H groups in total. The van der Waals surface area contributed by atoms with Gasteiger partial charge in [0.25, 0.3) is 0 Å². The Bertz CT molecular complexity index is 640. The number of amides is 1. The van der Waals surface area contributed by atoms with Gasteiger partial charge in [0.2, 0.25) is 5.91 Å². The van der Waals surface area contributed by atoms with E-state index in [0.29, 0.717) is 19.0 Å². The van der Waals surface area contributed by atoms with Crippen LogP contribution in [0, 0.1) is 0 Å². The van der Waals surface area contributed by atoms with Gasteiger partial charge in [-0.2, -0.15) is 0 Å². The zero-order chi connectivity index (χ0) is 16.1. The molecule has 1 aliphatic heterocycles. The Morgan fingerprint density at radius 1 is 1.09 bits per heavy atom. The van der Waals surface area contributed by atoms with Gasteiger partial charge in [-0.3, -0.25) is 9.69 Å². The van der Waals surface area contributed by atoms with Crippen molar-refractivity contribution in [2.45, 2.75) is 25.9 Å². The molecule has 2 aromatic carbocycles. The Morgan fingerprint density at radius 2 is 1.78 bits per heavy atom. The topological polar surface area (TPSA) is 41.6 Å². The fourth-order valence-electron chi connectivity index (χ4n) is 2.70. The van der Waals surface area contributed by atoms with E-state index in [9.17, 15) is 4.79 Å². The van der Waals surface area contributed by atoms with E-state index in [0.717, 1.165) is 24.6 Å². The van der Waals surface area contributed by atoms with Crippen LogP contribution >= 0.6 is 0 Å². The molecule has 1 amide bonds. The lowest BCUT2D eigenvalue weighted by atomic mass is 10.1. The number of benzene rings is 2. The van der Waals surface area contributed by atoms with E-state index in [4.69, 9.17) is 4.74 Å². The number of ether oxygens (including phenoxy) is 1. The summed E-state index contributed by atoms with van der Waals surface area (Å²) < 4.78 is 5.81. The van der Waals surface area contributed by atoms with E-state index < -0.39 is 0 Å². The molecule has 120 valence electrons. The normalized spacial score (nSPS) is 19.0.